The minimum absolute atomic E-state index is 0.116. The minimum atomic E-state index is -0.724. The van der Waals surface area contributed by atoms with Crippen LogP contribution >= 0.6 is 11.6 Å². The summed E-state index contributed by atoms with van der Waals surface area (Å²) < 4.78 is 20.9. The zero-order chi connectivity index (χ0) is 21.6. The first-order valence-corrected chi connectivity index (χ1v) is 9.50. The molecule has 2 heterocycles. The minimum Gasteiger partial charge on any atom is -0.436 e. The average Bonchev–Trinajstić information content (AvgIpc) is 3.32. The van der Waals surface area contributed by atoms with E-state index >= 15 is 0 Å². The molecular weight excluding hydrogens is 421 g/mol. The summed E-state index contributed by atoms with van der Waals surface area (Å²) in [5, 5.41) is 3.89. The van der Waals surface area contributed by atoms with E-state index in [9.17, 15) is 9.18 Å². The van der Waals surface area contributed by atoms with Crippen molar-refractivity contribution in [3.05, 3.63) is 101 Å². The van der Waals surface area contributed by atoms with E-state index in [-0.39, 0.29) is 17.1 Å². The Morgan fingerprint density at radius 2 is 1.84 bits per heavy atom. The van der Waals surface area contributed by atoms with E-state index in [0.717, 1.165) is 11.9 Å². The van der Waals surface area contributed by atoms with Crippen LogP contribution in [0.25, 0.3) is 5.69 Å². The van der Waals surface area contributed by atoms with Crippen LogP contribution in [0.3, 0.4) is 0 Å². The molecule has 154 valence electrons. The summed E-state index contributed by atoms with van der Waals surface area (Å²) in [6.07, 6.45) is 6.14. The van der Waals surface area contributed by atoms with Crippen molar-refractivity contribution in [3.63, 3.8) is 0 Å². The lowest BCUT2D eigenvalue weighted by atomic mass is 10.1. The second-order valence-electron chi connectivity index (χ2n) is 6.27. The molecule has 2 aromatic heterocycles. The zero-order valence-electron chi connectivity index (χ0n) is 15.9. The maximum atomic E-state index is 13.7. The molecule has 31 heavy (non-hydrogen) atoms. The van der Waals surface area contributed by atoms with Crippen molar-refractivity contribution in [2.75, 3.05) is 0 Å². The van der Waals surface area contributed by atoms with Crippen LogP contribution in [0.1, 0.15) is 15.9 Å². The monoisotopic (exact) mass is 435 g/mol. The molecule has 0 fully saturated rings. The molecule has 0 aliphatic heterocycles. The highest BCUT2D eigenvalue weighted by Gasteiger charge is 2.11. The Morgan fingerprint density at radius 1 is 1.10 bits per heavy atom. The Labute approximate surface area is 181 Å². The third-order valence-corrected chi connectivity index (χ3v) is 4.37. The van der Waals surface area contributed by atoms with E-state index < -0.39 is 5.82 Å². The van der Waals surface area contributed by atoms with E-state index in [1.807, 2.05) is 41.2 Å². The molecule has 9 heteroatoms. The van der Waals surface area contributed by atoms with E-state index in [1.54, 1.807) is 36.4 Å². The van der Waals surface area contributed by atoms with Gasteiger partial charge in [0.2, 0.25) is 11.1 Å². The highest BCUT2D eigenvalue weighted by atomic mass is 35.5. The van der Waals surface area contributed by atoms with Crippen molar-refractivity contribution < 1.29 is 13.9 Å². The number of benzene rings is 2. The first-order valence-electron chi connectivity index (χ1n) is 9.12. The molecule has 0 bridgehead atoms. The lowest BCUT2D eigenvalue weighted by molar-refractivity contribution is 0.0955. The molecule has 0 atom stereocenters. The van der Waals surface area contributed by atoms with Gasteiger partial charge in [-0.25, -0.2) is 10.4 Å². The number of ether oxygens (including phenoxy) is 1. The number of hydrazone groups is 1. The van der Waals surface area contributed by atoms with Gasteiger partial charge in [0.05, 0.1) is 23.7 Å². The molecule has 0 unspecified atom stereocenters. The summed E-state index contributed by atoms with van der Waals surface area (Å²) in [5.41, 5.74) is 4.46. The predicted molar refractivity (Wildman–Crippen MR) is 114 cm³/mol. The fourth-order valence-electron chi connectivity index (χ4n) is 2.75. The van der Waals surface area contributed by atoms with E-state index in [1.165, 1.54) is 6.21 Å². The largest absolute Gasteiger partial charge is 0.436 e. The summed E-state index contributed by atoms with van der Waals surface area (Å²) in [6.45, 7) is 0. The number of nitrogens with zero attached hydrogens (tertiary/aromatic N) is 4. The number of halogens is 2. The summed E-state index contributed by atoms with van der Waals surface area (Å²) in [4.78, 5) is 19.8. The van der Waals surface area contributed by atoms with Crippen molar-refractivity contribution >= 4 is 23.7 Å². The number of carbonyl (C=O) groups excluding carboxylic acids is 1. The normalized spacial score (nSPS) is 10.9. The Morgan fingerprint density at radius 3 is 2.61 bits per heavy atom. The number of aromatic nitrogens is 3. The molecule has 1 amide bonds. The average molecular weight is 436 g/mol. The number of carbonyl (C=O) groups is 1. The summed E-state index contributed by atoms with van der Waals surface area (Å²) in [6, 6.07) is 17.6. The van der Waals surface area contributed by atoms with Crippen LogP contribution in [0.4, 0.5) is 4.39 Å². The van der Waals surface area contributed by atoms with Gasteiger partial charge in [-0.1, -0.05) is 12.1 Å². The van der Waals surface area contributed by atoms with Gasteiger partial charge in [0.25, 0.3) is 11.8 Å². The van der Waals surface area contributed by atoms with Crippen molar-refractivity contribution in [1.29, 1.82) is 0 Å². The smallest absolute Gasteiger partial charge is 0.273 e. The van der Waals surface area contributed by atoms with Gasteiger partial charge in [-0.15, -0.1) is 0 Å². The molecule has 0 aliphatic carbocycles. The number of para-hydroxylation sites is 1. The molecule has 4 rings (SSSR count). The predicted octanol–water partition coefficient (Wildman–Crippen LogP) is 4.62. The summed E-state index contributed by atoms with van der Waals surface area (Å²) in [7, 11) is 0. The lowest BCUT2D eigenvalue weighted by Crippen LogP contribution is -2.19. The van der Waals surface area contributed by atoms with Gasteiger partial charge < -0.3 is 9.30 Å². The van der Waals surface area contributed by atoms with Crippen LogP contribution in [0, 0.1) is 5.82 Å². The molecular formula is C22H15ClFN5O2. The Bertz CT molecular complexity index is 1230. The number of hydrogen-bond acceptors (Lipinski definition) is 5. The third kappa shape index (κ3) is 4.93. The summed E-state index contributed by atoms with van der Waals surface area (Å²) >= 11 is 5.65. The first-order chi connectivity index (χ1) is 15.1. The molecule has 1 N–H and O–H groups in total. The van der Waals surface area contributed by atoms with Crippen LogP contribution in [-0.2, 0) is 0 Å². The fraction of sp³-hybridized carbons (Fsp3) is 0. The van der Waals surface area contributed by atoms with Crippen molar-refractivity contribution in [1.82, 2.24) is 20.0 Å². The molecule has 0 aliphatic rings. The van der Waals surface area contributed by atoms with Crippen LogP contribution in [0.5, 0.6) is 11.6 Å². The molecule has 0 saturated carbocycles. The van der Waals surface area contributed by atoms with E-state index in [2.05, 4.69) is 20.5 Å². The van der Waals surface area contributed by atoms with Gasteiger partial charge >= 0.3 is 0 Å². The van der Waals surface area contributed by atoms with Crippen LogP contribution in [-0.4, -0.2) is 26.7 Å². The first kappa shape index (κ1) is 20.2. The number of nitrogens with one attached hydrogen (secondary N) is 1. The Balaban J connectivity index is 1.41. The van der Waals surface area contributed by atoms with Crippen LogP contribution < -0.4 is 10.2 Å². The van der Waals surface area contributed by atoms with Crippen LogP contribution in [0.2, 0.25) is 5.28 Å². The highest BCUT2D eigenvalue weighted by molar-refractivity contribution is 6.28. The second kappa shape index (κ2) is 9.19. The molecule has 4 aromatic rings. The van der Waals surface area contributed by atoms with Gasteiger partial charge in [0, 0.05) is 12.4 Å². The number of hydrogen-bond donors (Lipinski definition) is 1. The molecule has 0 radical (unpaired) electrons. The van der Waals surface area contributed by atoms with Gasteiger partial charge in [0.1, 0.15) is 5.75 Å². The molecule has 2 aromatic carbocycles. The molecule has 0 saturated heterocycles. The zero-order valence-corrected chi connectivity index (χ0v) is 16.7. The molecule has 7 nitrogen and oxygen atoms in total. The van der Waals surface area contributed by atoms with Gasteiger partial charge in [0.15, 0.2) is 0 Å². The Hall–Kier alpha value is -4.04. The van der Waals surface area contributed by atoms with E-state index in [0.29, 0.717) is 16.9 Å². The quantitative estimate of drug-likeness (QED) is 0.272. The topological polar surface area (TPSA) is 81.4 Å². The second-order valence-corrected chi connectivity index (χ2v) is 6.61. The maximum absolute atomic E-state index is 13.7. The fourth-order valence-corrected chi connectivity index (χ4v) is 2.87. The summed E-state index contributed by atoms with van der Waals surface area (Å²) in [5.74, 6) is -0.972. The van der Waals surface area contributed by atoms with Gasteiger partial charge in [-0.2, -0.15) is 14.5 Å². The third-order valence-electron chi connectivity index (χ3n) is 4.19. The molecule has 0 spiro atoms. The van der Waals surface area contributed by atoms with Crippen LogP contribution in [0.15, 0.2) is 84.4 Å². The van der Waals surface area contributed by atoms with Crippen molar-refractivity contribution in [2.45, 2.75) is 0 Å². The Kier molecular flexibility index (Phi) is 6.00. The standard InChI is InChI=1S/C22H15ClFN5O2/c23-22-25-14-18(24)21(27-22)31-16-9-7-15(8-10-16)13-26-28-20(30)17-5-1-2-6-19(17)29-11-3-4-12-29/h1-14H,(H,28,30)/b26-13-. The van der Waals surface area contributed by atoms with Crippen molar-refractivity contribution in [3.8, 4) is 17.3 Å². The number of amides is 1. The maximum Gasteiger partial charge on any atom is 0.273 e. The van der Waals surface area contributed by atoms with Gasteiger partial charge in [-0.3, -0.25) is 4.79 Å². The SMILES string of the molecule is O=C(N/N=C\c1ccc(Oc2nc(Cl)ncc2F)cc1)c1ccccc1-n1cccc1. The lowest BCUT2D eigenvalue weighted by Gasteiger charge is -2.09. The van der Waals surface area contributed by atoms with Gasteiger partial charge in [-0.05, 0) is 65.7 Å². The highest BCUT2D eigenvalue weighted by Crippen LogP contribution is 2.23. The van der Waals surface area contributed by atoms with E-state index in [4.69, 9.17) is 16.3 Å². The number of rotatable bonds is 6. The van der Waals surface area contributed by atoms with Crippen molar-refractivity contribution in [2.24, 2.45) is 5.10 Å².